The molecular formula is C25H29BrFN3O2. The molecule has 1 fully saturated rings. The molecular weight excluding hydrogens is 473 g/mol. The molecule has 0 radical (unpaired) electrons. The Hall–Kier alpha value is -2.09. The number of hydrazone groups is 1. The van der Waals surface area contributed by atoms with Gasteiger partial charge in [0, 0.05) is 24.0 Å². The minimum atomic E-state index is -0.574. The van der Waals surface area contributed by atoms with Crippen molar-refractivity contribution in [3.8, 4) is 0 Å². The van der Waals surface area contributed by atoms with Gasteiger partial charge < -0.3 is 4.74 Å². The summed E-state index contributed by atoms with van der Waals surface area (Å²) in [5, 5.41) is 6.40. The number of ether oxygens (including phenoxy) is 1. The highest BCUT2D eigenvalue weighted by Gasteiger charge is 2.47. The number of hydrogen-bond donors (Lipinski definition) is 0. The number of rotatable bonds is 8. The number of nitrogens with zero attached hydrogens (tertiary/aromatic N) is 3. The van der Waals surface area contributed by atoms with Crippen LogP contribution in [0.5, 0.6) is 0 Å². The van der Waals surface area contributed by atoms with Crippen LogP contribution in [0, 0.1) is 5.82 Å². The van der Waals surface area contributed by atoms with Gasteiger partial charge in [-0.05, 0) is 43.1 Å². The van der Waals surface area contributed by atoms with Crippen molar-refractivity contribution in [3.63, 3.8) is 0 Å². The maximum Gasteiger partial charge on any atom is 0.179 e. The van der Waals surface area contributed by atoms with Crippen molar-refractivity contribution in [2.75, 3.05) is 44.4 Å². The Labute approximate surface area is 197 Å². The summed E-state index contributed by atoms with van der Waals surface area (Å²) in [6.45, 7) is 6.63. The molecule has 2 aromatic rings. The molecule has 1 atom stereocenters. The Kier molecular flexibility index (Phi) is 7.38. The van der Waals surface area contributed by atoms with E-state index in [0.717, 1.165) is 55.7 Å². The van der Waals surface area contributed by atoms with E-state index in [1.807, 2.05) is 25.1 Å². The largest absolute Gasteiger partial charge is 0.379 e. The van der Waals surface area contributed by atoms with Gasteiger partial charge in [0.25, 0.3) is 0 Å². The van der Waals surface area contributed by atoms with E-state index < -0.39 is 5.41 Å². The van der Waals surface area contributed by atoms with E-state index in [9.17, 15) is 9.18 Å². The van der Waals surface area contributed by atoms with Crippen molar-refractivity contribution < 1.29 is 13.9 Å². The van der Waals surface area contributed by atoms with E-state index >= 15 is 0 Å². The third kappa shape index (κ3) is 4.80. The third-order valence-corrected chi connectivity index (χ3v) is 6.87. The molecule has 0 aromatic heterocycles. The highest BCUT2D eigenvalue weighted by Crippen LogP contribution is 2.40. The van der Waals surface area contributed by atoms with Gasteiger partial charge in [0.1, 0.15) is 11.5 Å². The second-order valence-electron chi connectivity index (χ2n) is 8.38. The summed E-state index contributed by atoms with van der Waals surface area (Å²) in [6, 6.07) is 14.9. The number of carbonyl (C=O) groups is 1. The van der Waals surface area contributed by atoms with Gasteiger partial charge in [-0.15, -0.1) is 0 Å². The molecule has 170 valence electrons. The van der Waals surface area contributed by atoms with Crippen LogP contribution in [-0.4, -0.2) is 55.8 Å². The van der Waals surface area contributed by atoms with Gasteiger partial charge in [-0.1, -0.05) is 53.2 Å². The second kappa shape index (κ2) is 10.2. The Morgan fingerprint density at radius 1 is 1.19 bits per heavy atom. The van der Waals surface area contributed by atoms with Crippen LogP contribution in [0.1, 0.15) is 31.7 Å². The molecule has 0 N–H and O–H groups in total. The second-order valence-corrected chi connectivity index (χ2v) is 9.30. The summed E-state index contributed by atoms with van der Waals surface area (Å²) in [4.78, 5) is 15.5. The standard InChI is InChI=1S/C25H29BrFN3O2/c1-2-23(31)24-25(19-7-4-3-5-8-19,11-6-12-29-13-15-32-16-14-29)18-30(28-24)22-17-20(26)9-10-21(22)27/h3-5,7-10,17H,2,6,11-16,18H2,1H3. The molecule has 7 heteroatoms. The van der Waals surface area contributed by atoms with E-state index in [4.69, 9.17) is 9.84 Å². The Balaban J connectivity index is 1.68. The smallest absolute Gasteiger partial charge is 0.179 e. The summed E-state index contributed by atoms with van der Waals surface area (Å²) in [5.41, 5.74) is 1.40. The lowest BCUT2D eigenvalue weighted by molar-refractivity contribution is -0.113. The van der Waals surface area contributed by atoms with Crippen molar-refractivity contribution in [2.45, 2.75) is 31.6 Å². The van der Waals surface area contributed by atoms with Crippen molar-refractivity contribution in [1.82, 2.24) is 4.90 Å². The number of benzene rings is 2. The molecule has 1 unspecified atom stereocenters. The van der Waals surface area contributed by atoms with Gasteiger partial charge in [-0.3, -0.25) is 14.7 Å². The Bertz CT molecular complexity index is 978. The number of ketones is 1. The Morgan fingerprint density at radius 2 is 1.94 bits per heavy atom. The average Bonchev–Trinajstić information content (AvgIpc) is 3.22. The number of hydrogen-bond acceptors (Lipinski definition) is 5. The number of halogens is 2. The van der Waals surface area contributed by atoms with Gasteiger partial charge in [0.2, 0.25) is 0 Å². The zero-order chi connectivity index (χ0) is 22.6. The van der Waals surface area contributed by atoms with E-state index in [-0.39, 0.29) is 11.6 Å². The lowest BCUT2D eigenvalue weighted by atomic mass is 9.71. The lowest BCUT2D eigenvalue weighted by Gasteiger charge is -2.33. The van der Waals surface area contributed by atoms with E-state index in [1.165, 1.54) is 6.07 Å². The monoisotopic (exact) mass is 501 g/mol. The van der Waals surface area contributed by atoms with Crippen molar-refractivity contribution in [1.29, 1.82) is 0 Å². The molecule has 4 rings (SSSR count). The fourth-order valence-corrected chi connectivity index (χ4v) is 5.00. The molecule has 2 aliphatic rings. The highest BCUT2D eigenvalue weighted by molar-refractivity contribution is 9.10. The molecule has 2 aromatic carbocycles. The minimum Gasteiger partial charge on any atom is -0.379 e. The molecule has 0 aliphatic carbocycles. The molecule has 32 heavy (non-hydrogen) atoms. The number of anilines is 1. The van der Waals surface area contributed by atoms with Crippen LogP contribution in [0.3, 0.4) is 0 Å². The normalized spacial score (nSPS) is 21.6. The summed E-state index contributed by atoms with van der Waals surface area (Å²) in [7, 11) is 0. The maximum absolute atomic E-state index is 14.7. The van der Waals surface area contributed by atoms with Crippen LogP contribution in [0.4, 0.5) is 10.1 Å². The zero-order valence-electron chi connectivity index (χ0n) is 18.4. The van der Waals surface area contributed by atoms with Crippen molar-refractivity contribution in [2.24, 2.45) is 5.10 Å². The first kappa shape index (κ1) is 23.1. The molecule has 0 bridgehead atoms. The van der Waals surface area contributed by atoms with Crippen LogP contribution in [0.25, 0.3) is 0 Å². The molecule has 2 heterocycles. The lowest BCUT2D eigenvalue weighted by Crippen LogP contribution is -2.43. The van der Waals surface area contributed by atoms with Crippen molar-refractivity contribution >= 4 is 33.1 Å². The SMILES string of the molecule is CCC(=O)C1=NN(c2cc(Br)ccc2F)CC1(CCCN1CCOCC1)c1ccccc1. The molecule has 0 amide bonds. The van der Waals surface area contributed by atoms with Crippen LogP contribution in [0.15, 0.2) is 58.1 Å². The van der Waals surface area contributed by atoms with Crippen LogP contribution in [-0.2, 0) is 14.9 Å². The molecule has 2 aliphatic heterocycles. The maximum atomic E-state index is 14.7. The number of carbonyl (C=O) groups excluding carboxylic acids is 1. The number of morpholine rings is 1. The van der Waals surface area contributed by atoms with E-state index in [2.05, 4.69) is 33.0 Å². The summed E-state index contributed by atoms with van der Waals surface area (Å²) < 4.78 is 21.0. The van der Waals surface area contributed by atoms with Gasteiger partial charge in [-0.2, -0.15) is 5.10 Å². The predicted molar refractivity (Wildman–Crippen MR) is 129 cm³/mol. The molecule has 0 saturated carbocycles. The number of Topliss-reactive ketones (excluding diaryl/α,β-unsaturated/α-hetero) is 1. The first-order chi connectivity index (χ1) is 15.5. The van der Waals surface area contributed by atoms with Crippen LogP contribution < -0.4 is 5.01 Å². The van der Waals surface area contributed by atoms with Gasteiger partial charge in [0.15, 0.2) is 5.78 Å². The third-order valence-electron chi connectivity index (χ3n) is 6.37. The predicted octanol–water partition coefficient (Wildman–Crippen LogP) is 4.79. The summed E-state index contributed by atoms with van der Waals surface area (Å²) >= 11 is 3.44. The summed E-state index contributed by atoms with van der Waals surface area (Å²) in [6.07, 6.45) is 2.05. The van der Waals surface area contributed by atoms with Crippen LogP contribution in [0.2, 0.25) is 0 Å². The average molecular weight is 502 g/mol. The summed E-state index contributed by atoms with van der Waals surface area (Å²) in [5.74, 6) is -0.337. The molecule has 0 spiro atoms. The van der Waals surface area contributed by atoms with Gasteiger partial charge in [0.05, 0.1) is 30.9 Å². The van der Waals surface area contributed by atoms with E-state index in [1.54, 1.807) is 17.1 Å². The van der Waals surface area contributed by atoms with Crippen molar-refractivity contribution in [3.05, 3.63) is 64.4 Å². The quantitative estimate of drug-likeness (QED) is 0.521. The first-order valence-electron chi connectivity index (χ1n) is 11.2. The van der Waals surface area contributed by atoms with Gasteiger partial charge in [-0.25, -0.2) is 4.39 Å². The van der Waals surface area contributed by atoms with Gasteiger partial charge >= 0.3 is 0 Å². The fraction of sp³-hybridized carbons (Fsp3) is 0.440. The Morgan fingerprint density at radius 3 is 2.66 bits per heavy atom. The highest BCUT2D eigenvalue weighted by atomic mass is 79.9. The van der Waals surface area contributed by atoms with E-state index in [0.29, 0.717) is 24.4 Å². The first-order valence-corrected chi connectivity index (χ1v) is 12.0. The minimum absolute atomic E-state index is 0.0122. The topological polar surface area (TPSA) is 45.1 Å². The molecule has 5 nitrogen and oxygen atoms in total. The molecule has 1 saturated heterocycles. The van der Waals surface area contributed by atoms with Crippen LogP contribution >= 0.6 is 15.9 Å². The zero-order valence-corrected chi connectivity index (χ0v) is 20.0. The fourth-order valence-electron chi connectivity index (χ4n) is 4.65.